The van der Waals surface area contributed by atoms with E-state index in [1.807, 2.05) is 10.8 Å². The first-order valence-electron chi connectivity index (χ1n) is 6.27. The average Bonchev–Trinajstić information content (AvgIpc) is 2.37. The molecule has 0 aromatic heterocycles. The Morgan fingerprint density at radius 1 is 1.29 bits per heavy atom. The van der Waals surface area contributed by atoms with Crippen LogP contribution >= 0.6 is 0 Å². The number of aliphatic carboxylic acids is 1. The van der Waals surface area contributed by atoms with Crippen molar-refractivity contribution in [1.29, 1.82) is 0 Å². The van der Waals surface area contributed by atoms with E-state index in [9.17, 15) is 18.0 Å². The Bertz CT molecular complexity index is 600. The largest absolute Gasteiger partial charge is 0.480 e. The highest BCUT2D eigenvalue weighted by Crippen LogP contribution is 2.16. The standard InChI is InChI=1S/C13H18N2O5S/c1-9(10-5-3-2-4-6-10)8-21(19,20)15-11(13(17)18)7-12(14)16/h2-6,9,11,15H,7-8H2,1H3,(H2,14,16)(H,17,18)/t9?,11-/m1/s1. The number of carbonyl (C=O) groups is 2. The fourth-order valence-corrected chi connectivity index (χ4v) is 3.42. The molecule has 1 rings (SSSR count). The third kappa shape index (κ3) is 5.92. The number of hydrogen-bond donors (Lipinski definition) is 3. The highest BCUT2D eigenvalue weighted by atomic mass is 32.2. The summed E-state index contributed by atoms with van der Waals surface area (Å²) in [6.07, 6.45) is -0.589. The lowest BCUT2D eigenvalue weighted by atomic mass is 10.0. The number of hydrogen-bond acceptors (Lipinski definition) is 4. The maximum Gasteiger partial charge on any atom is 0.322 e. The van der Waals surface area contributed by atoms with E-state index in [1.54, 1.807) is 31.2 Å². The normalized spacial score (nSPS) is 14.3. The molecule has 1 aromatic rings. The third-order valence-electron chi connectivity index (χ3n) is 2.86. The smallest absolute Gasteiger partial charge is 0.322 e. The number of nitrogens with two attached hydrogens (primary N) is 1. The molecule has 0 aliphatic heterocycles. The molecule has 0 saturated carbocycles. The number of carboxylic acid groups (broad SMARTS) is 1. The van der Waals surface area contributed by atoms with Gasteiger partial charge in [0, 0.05) is 0 Å². The maximum atomic E-state index is 12.0. The molecule has 0 spiro atoms. The SMILES string of the molecule is CC(CS(=O)(=O)N[C@H](CC(N)=O)C(=O)O)c1ccccc1. The molecule has 0 saturated heterocycles. The molecule has 21 heavy (non-hydrogen) atoms. The Balaban J connectivity index is 2.76. The first-order chi connectivity index (χ1) is 9.71. The van der Waals surface area contributed by atoms with Gasteiger partial charge in [0.25, 0.3) is 0 Å². The van der Waals surface area contributed by atoms with E-state index in [1.165, 1.54) is 0 Å². The minimum absolute atomic E-state index is 0.278. The van der Waals surface area contributed by atoms with E-state index in [2.05, 4.69) is 0 Å². The van der Waals surface area contributed by atoms with Gasteiger partial charge in [-0.25, -0.2) is 13.1 Å². The van der Waals surface area contributed by atoms with E-state index >= 15 is 0 Å². The van der Waals surface area contributed by atoms with Gasteiger partial charge in [0.05, 0.1) is 12.2 Å². The van der Waals surface area contributed by atoms with Crippen molar-refractivity contribution in [3.05, 3.63) is 35.9 Å². The average molecular weight is 314 g/mol. The highest BCUT2D eigenvalue weighted by molar-refractivity contribution is 7.89. The maximum absolute atomic E-state index is 12.0. The number of rotatable bonds is 8. The van der Waals surface area contributed by atoms with E-state index in [4.69, 9.17) is 10.8 Å². The van der Waals surface area contributed by atoms with Crippen LogP contribution in [0.15, 0.2) is 30.3 Å². The number of primary amides is 1. The van der Waals surface area contributed by atoms with E-state index in [0.717, 1.165) is 5.56 Å². The molecule has 2 atom stereocenters. The van der Waals surface area contributed by atoms with Crippen molar-refractivity contribution in [3.63, 3.8) is 0 Å². The molecule has 1 aromatic carbocycles. The Labute approximate surface area is 123 Å². The van der Waals surface area contributed by atoms with Crippen LogP contribution in [0.25, 0.3) is 0 Å². The second-order valence-corrected chi connectivity index (χ2v) is 6.57. The molecule has 7 nitrogen and oxygen atoms in total. The lowest BCUT2D eigenvalue weighted by Crippen LogP contribution is -2.44. The topological polar surface area (TPSA) is 127 Å². The molecule has 4 N–H and O–H groups in total. The summed E-state index contributed by atoms with van der Waals surface area (Å²) in [5.41, 5.74) is 5.73. The van der Waals surface area contributed by atoms with Crippen molar-refractivity contribution in [2.45, 2.75) is 25.3 Å². The van der Waals surface area contributed by atoms with E-state index in [0.29, 0.717) is 0 Å². The van der Waals surface area contributed by atoms with Gasteiger partial charge in [-0.3, -0.25) is 9.59 Å². The molecular weight excluding hydrogens is 296 g/mol. The van der Waals surface area contributed by atoms with Crippen LogP contribution in [0.3, 0.4) is 0 Å². The molecule has 0 aliphatic rings. The molecule has 1 unspecified atom stereocenters. The van der Waals surface area contributed by atoms with Gasteiger partial charge in [0.2, 0.25) is 15.9 Å². The van der Waals surface area contributed by atoms with Crippen LogP contribution in [0.5, 0.6) is 0 Å². The van der Waals surface area contributed by atoms with E-state index in [-0.39, 0.29) is 11.7 Å². The zero-order valence-corrected chi connectivity index (χ0v) is 12.3. The van der Waals surface area contributed by atoms with Crippen molar-refractivity contribution in [3.8, 4) is 0 Å². The minimum atomic E-state index is -3.86. The summed E-state index contributed by atoms with van der Waals surface area (Å²) in [5, 5.41) is 8.90. The number of carbonyl (C=O) groups excluding carboxylic acids is 1. The monoisotopic (exact) mass is 314 g/mol. The second kappa shape index (κ2) is 7.19. The zero-order valence-electron chi connectivity index (χ0n) is 11.5. The Hall–Kier alpha value is -1.93. The van der Waals surface area contributed by atoms with Crippen LogP contribution in [-0.2, 0) is 19.6 Å². The predicted molar refractivity (Wildman–Crippen MR) is 77.0 cm³/mol. The Kier molecular flexibility index (Phi) is 5.86. The van der Waals surface area contributed by atoms with Crippen molar-refractivity contribution in [2.75, 3.05) is 5.75 Å². The van der Waals surface area contributed by atoms with Crippen LogP contribution in [-0.4, -0.2) is 37.2 Å². The van der Waals surface area contributed by atoms with Gasteiger partial charge in [-0.05, 0) is 11.5 Å². The summed E-state index contributed by atoms with van der Waals surface area (Å²) in [4.78, 5) is 21.7. The molecule has 8 heteroatoms. The second-order valence-electron chi connectivity index (χ2n) is 4.77. The van der Waals surface area contributed by atoms with Crippen LogP contribution < -0.4 is 10.5 Å². The lowest BCUT2D eigenvalue weighted by Gasteiger charge is -2.16. The number of amides is 1. The van der Waals surface area contributed by atoms with Gasteiger partial charge < -0.3 is 10.8 Å². The first kappa shape index (κ1) is 17.1. The summed E-state index contributed by atoms with van der Waals surface area (Å²) in [7, 11) is -3.86. The fraction of sp³-hybridized carbons (Fsp3) is 0.385. The molecule has 0 heterocycles. The zero-order chi connectivity index (χ0) is 16.0. The van der Waals surface area contributed by atoms with Gasteiger partial charge in [0.15, 0.2) is 0 Å². The summed E-state index contributed by atoms with van der Waals surface area (Å²) in [6, 6.07) is 7.43. The van der Waals surface area contributed by atoms with Gasteiger partial charge in [-0.15, -0.1) is 0 Å². The van der Waals surface area contributed by atoms with Crippen LogP contribution in [0.1, 0.15) is 24.8 Å². The quantitative estimate of drug-likeness (QED) is 0.624. The fourth-order valence-electron chi connectivity index (χ4n) is 1.85. The Morgan fingerprint density at radius 2 is 1.86 bits per heavy atom. The van der Waals surface area contributed by atoms with Gasteiger partial charge in [-0.2, -0.15) is 0 Å². The summed E-state index contributed by atoms with van der Waals surface area (Å²) < 4.78 is 26.0. The number of sulfonamides is 1. The van der Waals surface area contributed by atoms with Gasteiger partial charge in [-0.1, -0.05) is 37.3 Å². The molecule has 0 radical (unpaired) electrons. The van der Waals surface area contributed by atoms with Crippen molar-refractivity contribution in [2.24, 2.45) is 5.73 Å². The van der Waals surface area contributed by atoms with E-state index < -0.39 is 34.4 Å². The lowest BCUT2D eigenvalue weighted by molar-refractivity contribution is -0.140. The molecule has 116 valence electrons. The number of benzene rings is 1. The summed E-state index contributed by atoms with van der Waals surface area (Å²) in [5.74, 6) is -2.92. The number of carboxylic acids is 1. The minimum Gasteiger partial charge on any atom is -0.480 e. The van der Waals surface area contributed by atoms with Crippen LogP contribution in [0.2, 0.25) is 0 Å². The summed E-state index contributed by atoms with van der Waals surface area (Å²) in [6.45, 7) is 1.72. The Morgan fingerprint density at radius 3 is 2.33 bits per heavy atom. The van der Waals surface area contributed by atoms with Crippen molar-refractivity contribution in [1.82, 2.24) is 4.72 Å². The molecule has 0 fully saturated rings. The highest BCUT2D eigenvalue weighted by Gasteiger charge is 2.27. The van der Waals surface area contributed by atoms with Crippen molar-refractivity contribution >= 4 is 21.9 Å². The first-order valence-corrected chi connectivity index (χ1v) is 7.92. The molecule has 0 aliphatic carbocycles. The van der Waals surface area contributed by atoms with Gasteiger partial charge in [0.1, 0.15) is 6.04 Å². The van der Waals surface area contributed by atoms with Crippen molar-refractivity contribution < 1.29 is 23.1 Å². The molecule has 0 bridgehead atoms. The van der Waals surface area contributed by atoms with Crippen LogP contribution in [0, 0.1) is 0 Å². The summed E-state index contributed by atoms with van der Waals surface area (Å²) >= 11 is 0. The molecular formula is C13H18N2O5S. The van der Waals surface area contributed by atoms with Gasteiger partial charge >= 0.3 is 5.97 Å². The van der Waals surface area contributed by atoms with Crippen LogP contribution in [0.4, 0.5) is 0 Å². The third-order valence-corrected chi connectivity index (χ3v) is 4.45. The predicted octanol–water partition coefficient (Wildman–Crippen LogP) is 0.0381. The number of nitrogens with one attached hydrogen (secondary N) is 1. The molecule has 1 amide bonds.